The fraction of sp³-hybridized carbons (Fsp3) is 0.692. The smallest absolute Gasteiger partial charge is 0.0327 e. The topological polar surface area (TPSA) is 15.3 Å². The molecule has 1 saturated carbocycles. The predicted molar refractivity (Wildman–Crippen MR) is 71.0 cm³/mol. The van der Waals surface area contributed by atoms with Gasteiger partial charge in [0, 0.05) is 24.5 Å². The normalized spacial score (nSPS) is 18.0. The van der Waals surface area contributed by atoms with E-state index >= 15 is 0 Å². The average Bonchev–Trinajstić information content (AvgIpc) is 2.85. The van der Waals surface area contributed by atoms with Crippen LogP contribution in [-0.2, 0) is 6.54 Å². The van der Waals surface area contributed by atoms with E-state index in [1.54, 1.807) is 0 Å². The van der Waals surface area contributed by atoms with E-state index in [2.05, 4.69) is 42.7 Å². The summed E-state index contributed by atoms with van der Waals surface area (Å²) >= 11 is 1.88. The molecule has 0 radical (unpaired) electrons. The Kier molecular flexibility index (Phi) is 3.67. The second-order valence-electron chi connectivity index (χ2n) is 5.23. The molecule has 3 heteroatoms. The maximum absolute atomic E-state index is 3.32. The Morgan fingerprint density at radius 3 is 2.75 bits per heavy atom. The van der Waals surface area contributed by atoms with Gasteiger partial charge < -0.3 is 10.2 Å². The molecule has 16 heavy (non-hydrogen) atoms. The minimum atomic E-state index is 0.578. The lowest BCUT2D eigenvalue weighted by Gasteiger charge is -2.23. The highest BCUT2D eigenvalue weighted by molar-refractivity contribution is 7.10. The summed E-state index contributed by atoms with van der Waals surface area (Å²) < 4.78 is 0. The van der Waals surface area contributed by atoms with E-state index < -0.39 is 0 Å². The summed E-state index contributed by atoms with van der Waals surface area (Å²) in [6, 6.07) is 2.22. The van der Waals surface area contributed by atoms with Crippen molar-refractivity contribution in [2.24, 2.45) is 5.41 Å². The molecule has 1 fully saturated rings. The van der Waals surface area contributed by atoms with Crippen LogP contribution in [0.1, 0.15) is 23.3 Å². The molecule has 2 rings (SSSR count). The van der Waals surface area contributed by atoms with E-state index in [1.807, 2.05) is 11.3 Å². The quantitative estimate of drug-likeness (QED) is 0.819. The van der Waals surface area contributed by atoms with Crippen LogP contribution in [0.25, 0.3) is 0 Å². The van der Waals surface area contributed by atoms with Crippen LogP contribution in [0.2, 0.25) is 0 Å². The SMILES string of the molecule is CNCC1(CN(C)Cc2sccc2C)CC1. The van der Waals surface area contributed by atoms with E-state index in [1.165, 1.54) is 36.4 Å². The predicted octanol–water partition coefficient (Wildman–Crippen LogP) is 2.49. The molecule has 1 N–H and O–H groups in total. The average molecular weight is 238 g/mol. The number of thiophene rings is 1. The summed E-state index contributed by atoms with van der Waals surface area (Å²) in [6.45, 7) is 5.71. The molecule has 1 aromatic heterocycles. The van der Waals surface area contributed by atoms with E-state index in [9.17, 15) is 0 Å². The van der Waals surface area contributed by atoms with Crippen LogP contribution in [-0.4, -0.2) is 32.1 Å². The van der Waals surface area contributed by atoms with Crippen molar-refractivity contribution < 1.29 is 0 Å². The summed E-state index contributed by atoms with van der Waals surface area (Å²) in [4.78, 5) is 3.99. The largest absolute Gasteiger partial charge is 0.319 e. The molecular formula is C13H22N2S. The van der Waals surface area contributed by atoms with Crippen LogP contribution >= 0.6 is 11.3 Å². The molecular weight excluding hydrogens is 216 g/mol. The van der Waals surface area contributed by atoms with Gasteiger partial charge in [0.25, 0.3) is 0 Å². The molecule has 90 valence electrons. The van der Waals surface area contributed by atoms with Crippen molar-refractivity contribution in [3.8, 4) is 0 Å². The minimum Gasteiger partial charge on any atom is -0.319 e. The first kappa shape index (κ1) is 12.1. The minimum absolute atomic E-state index is 0.578. The van der Waals surface area contributed by atoms with Crippen LogP contribution < -0.4 is 5.32 Å². The Morgan fingerprint density at radius 1 is 1.50 bits per heavy atom. The monoisotopic (exact) mass is 238 g/mol. The fourth-order valence-electron chi connectivity index (χ4n) is 2.38. The van der Waals surface area contributed by atoms with Crippen LogP contribution in [0.5, 0.6) is 0 Å². The zero-order valence-corrected chi connectivity index (χ0v) is 11.4. The third kappa shape index (κ3) is 2.84. The molecule has 1 heterocycles. The van der Waals surface area contributed by atoms with Gasteiger partial charge in [0.15, 0.2) is 0 Å². The van der Waals surface area contributed by atoms with E-state index in [0.717, 1.165) is 6.54 Å². The second kappa shape index (κ2) is 4.86. The molecule has 0 unspecified atom stereocenters. The molecule has 2 nitrogen and oxygen atoms in total. The van der Waals surface area contributed by atoms with Crippen molar-refractivity contribution in [1.29, 1.82) is 0 Å². The lowest BCUT2D eigenvalue weighted by Crippen LogP contribution is -2.32. The van der Waals surface area contributed by atoms with E-state index in [-0.39, 0.29) is 0 Å². The van der Waals surface area contributed by atoms with E-state index in [4.69, 9.17) is 0 Å². The lowest BCUT2D eigenvalue weighted by atomic mass is 10.1. The number of hydrogen-bond donors (Lipinski definition) is 1. The first-order chi connectivity index (χ1) is 7.65. The Labute approximate surface area is 103 Å². The summed E-state index contributed by atoms with van der Waals surface area (Å²) in [5.41, 5.74) is 2.02. The van der Waals surface area contributed by atoms with Gasteiger partial charge in [-0.1, -0.05) is 0 Å². The van der Waals surface area contributed by atoms with Crippen LogP contribution in [0.3, 0.4) is 0 Å². The lowest BCUT2D eigenvalue weighted by molar-refractivity contribution is 0.254. The van der Waals surface area contributed by atoms with Gasteiger partial charge >= 0.3 is 0 Å². The molecule has 0 aliphatic heterocycles. The molecule has 0 bridgehead atoms. The van der Waals surface area contributed by atoms with Gasteiger partial charge in [-0.2, -0.15) is 0 Å². The van der Waals surface area contributed by atoms with Crippen molar-refractivity contribution in [3.63, 3.8) is 0 Å². The zero-order chi connectivity index (χ0) is 11.6. The van der Waals surface area contributed by atoms with E-state index in [0.29, 0.717) is 5.41 Å². The van der Waals surface area contributed by atoms with Gasteiger partial charge in [-0.05, 0) is 56.3 Å². The highest BCUT2D eigenvalue weighted by atomic mass is 32.1. The van der Waals surface area contributed by atoms with Gasteiger partial charge in [-0.25, -0.2) is 0 Å². The van der Waals surface area contributed by atoms with Gasteiger partial charge in [0.05, 0.1) is 0 Å². The van der Waals surface area contributed by atoms with Crippen LogP contribution in [0.15, 0.2) is 11.4 Å². The number of nitrogens with one attached hydrogen (secondary N) is 1. The Bertz CT molecular complexity index is 341. The summed E-state index contributed by atoms with van der Waals surface area (Å²) in [5.74, 6) is 0. The first-order valence-electron chi connectivity index (χ1n) is 6.01. The van der Waals surface area contributed by atoms with Crippen molar-refractivity contribution in [1.82, 2.24) is 10.2 Å². The summed E-state index contributed by atoms with van der Waals surface area (Å²) in [7, 11) is 4.30. The summed E-state index contributed by atoms with van der Waals surface area (Å²) in [6.07, 6.45) is 2.78. The Hall–Kier alpha value is -0.380. The molecule has 0 atom stereocenters. The maximum Gasteiger partial charge on any atom is 0.0327 e. The zero-order valence-electron chi connectivity index (χ0n) is 10.5. The highest BCUT2D eigenvalue weighted by Crippen LogP contribution is 2.45. The van der Waals surface area contributed by atoms with Gasteiger partial charge in [-0.15, -0.1) is 11.3 Å². The molecule has 0 aromatic carbocycles. The molecule has 1 aliphatic rings. The third-order valence-electron chi connectivity index (χ3n) is 3.50. The van der Waals surface area contributed by atoms with Gasteiger partial charge in [0.1, 0.15) is 0 Å². The Balaban J connectivity index is 1.85. The van der Waals surface area contributed by atoms with Crippen molar-refractivity contribution in [2.75, 3.05) is 27.2 Å². The maximum atomic E-state index is 3.32. The summed E-state index contributed by atoms with van der Waals surface area (Å²) in [5, 5.41) is 5.52. The van der Waals surface area contributed by atoms with Crippen molar-refractivity contribution in [3.05, 3.63) is 21.9 Å². The van der Waals surface area contributed by atoms with Crippen LogP contribution in [0, 0.1) is 12.3 Å². The molecule has 0 saturated heterocycles. The fourth-order valence-corrected chi connectivity index (χ4v) is 3.37. The van der Waals surface area contributed by atoms with Crippen LogP contribution in [0.4, 0.5) is 0 Å². The number of nitrogens with zero attached hydrogens (tertiary/aromatic N) is 1. The molecule has 1 aliphatic carbocycles. The standard InChI is InChI=1S/C13H22N2S/c1-11-4-7-16-12(11)8-15(3)10-13(5-6-13)9-14-2/h4,7,14H,5-6,8-10H2,1-3H3. The number of aryl methyl sites for hydroxylation is 1. The third-order valence-corrected chi connectivity index (χ3v) is 4.50. The second-order valence-corrected chi connectivity index (χ2v) is 6.23. The first-order valence-corrected chi connectivity index (χ1v) is 6.89. The van der Waals surface area contributed by atoms with Gasteiger partial charge in [0.2, 0.25) is 0 Å². The Morgan fingerprint density at radius 2 is 2.25 bits per heavy atom. The molecule has 0 spiro atoms. The van der Waals surface area contributed by atoms with Gasteiger partial charge in [-0.3, -0.25) is 0 Å². The molecule has 0 amide bonds. The molecule has 1 aromatic rings. The number of hydrogen-bond acceptors (Lipinski definition) is 3. The van der Waals surface area contributed by atoms with Crippen molar-refractivity contribution >= 4 is 11.3 Å². The highest BCUT2D eigenvalue weighted by Gasteiger charge is 2.42. The van der Waals surface area contributed by atoms with Crippen molar-refractivity contribution in [2.45, 2.75) is 26.3 Å². The number of rotatable bonds is 6.